The standard InChI is InChI=1S/C11H15BrN2/c1-8-6-10(12)7-14-11(8)13-5-4-9-2-3-9/h6-7,9H,2-5H2,1H3,(H,13,14). The molecule has 1 aliphatic carbocycles. The second-order valence-electron chi connectivity index (χ2n) is 3.98. The lowest BCUT2D eigenvalue weighted by Gasteiger charge is -2.07. The zero-order valence-corrected chi connectivity index (χ0v) is 9.97. The molecule has 1 heterocycles. The largest absolute Gasteiger partial charge is 0.370 e. The summed E-state index contributed by atoms with van der Waals surface area (Å²) in [6, 6.07) is 2.09. The van der Waals surface area contributed by atoms with Gasteiger partial charge in [0.05, 0.1) is 0 Å². The van der Waals surface area contributed by atoms with Crippen LogP contribution in [0.1, 0.15) is 24.8 Å². The molecule has 1 N–H and O–H groups in total. The van der Waals surface area contributed by atoms with E-state index in [9.17, 15) is 0 Å². The summed E-state index contributed by atoms with van der Waals surface area (Å²) in [5.74, 6) is 2.01. The van der Waals surface area contributed by atoms with Gasteiger partial charge >= 0.3 is 0 Å². The van der Waals surface area contributed by atoms with Gasteiger partial charge in [-0.1, -0.05) is 12.8 Å². The smallest absolute Gasteiger partial charge is 0.128 e. The number of aryl methyl sites for hydroxylation is 1. The first-order valence-corrected chi connectivity index (χ1v) is 5.91. The van der Waals surface area contributed by atoms with Crippen molar-refractivity contribution in [3.63, 3.8) is 0 Å². The van der Waals surface area contributed by atoms with E-state index in [0.717, 1.165) is 22.8 Å². The Morgan fingerprint density at radius 2 is 2.36 bits per heavy atom. The van der Waals surface area contributed by atoms with Crippen molar-refractivity contribution >= 4 is 21.7 Å². The van der Waals surface area contributed by atoms with Crippen LogP contribution in [0.4, 0.5) is 5.82 Å². The number of hydrogen-bond acceptors (Lipinski definition) is 2. The van der Waals surface area contributed by atoms with Crippen LogP contribution in [0.15, 0.2) is 16.7 Å². The first kappa shape index (κ1) is 9.97. The SMILES string of the molecule is Cc1cc(Br)cnc1NCCC1CC1. The van der Waals surface area contributed by atoms with Crippen LogP contribution in [0.25, 0.3) is 0 Å². The van der Waals surface area contributed by atoms with Gasteiger partial charge in [0.1, 0.15) is 5.82 Å². The van der Waals surface area contributed by atoms with E-state index < -0.39 is 0 Å². The number of rotatable bonds is 4. The first-order valence-electron chi connectivity index (χ1n) is 5.12. The van der Waals surface area contributed by atoms with Crippen molar-refractivity contribution in [2.75, 3.05) is 11.9 Å². The van der Waals surface area contributed by atoms with Crippen molar-refractivity contribution in [1.82, 2.24) is 4.98 Å². The van der Waals surface area contributed by atoms with Crippen molar-refractivity contribution in [3.8, 4) is 0 Å². The second-order valence-corrected chi connectivity index (χ2v) is 4.89. The molecule has 0 atom stereocenters. The second kappa shape index (κ2) is 4.30. The third kappa shape index (κ3) is 2.71. The van der Waals surface area contributed by atoms with Gasteiger partial charge in [0.2, 0.25) is 0 Å². The number of aromatic nitrogens is 1. The van der Waals surface area contributed by atoms with Gasteiger partial charge in [-0.05, 0) is 46.8 Å². The number of hydrogen-bond donors (Lipinski definition) is 1. The summed E-state index contributed by atoms with van der Waals surface area (Å²) in [6.45, 7) is 3.14. The highest BCUT2D eigenvalue weighted by Crippen LogP contribution is 2.32. The van der Waals surface area contributed by atoms with E-state index >= 15 is 0 Å². The number of pyridine rings is 1. The maximum atomic E-state index is 4.34. The molecular formula is C11H15BrN2. The summed E-state index contributed by atoms with van der Waals surface area (Å²) in [7, 11) is 0. The predicted octanol–water partition coefficient (Wildman–Crippen LogP) is 3.36. The fraction of sp³-hybridized carbons (Fsp3) is 0.545. The minimum Gasteiger partial charge on any atom is -0.370 e. The minimum absolute atomic E-state index is 0.984. The van der Waals surface area contributed by atoms with E-state index in [1.807, 2.05) is 6.20 Å². The molecule has 0 bridgehead atoms. The Morgan fingerprint density at radius 3 is 3.00 bits per heavy atom. The van der Waals surface area contributed by atoms with Crippen molar-refractivity contribution in [1.29, 1.82) is 0 Å². The maximum Gasteiger partial charge on any atom is 0.128 e. The Hall–Kier alpha value is -0.570. The molecule has 76 valence electrons. The fourth-order valence-electron chi connectivity index (χ4n) is 1.53. The molecule has 0 aliphatic heterocycles. The number of nitrogens with one attached hydrogen (secondary N) is 1. The number of anilines is 1. The monoisotopic (exact) mass is 254 g/mol. The average Bonchev–Trinajstić information content (AvgIpc) is 2.92. The highest BCUT2D eigenvalue weighted by atomic mass is 79.9. The third-order valence-corrected chi connectivity index (χ3v) is 3.02. The van der Waals surface area contributed by atoms with Crippen LogP contribution in [0.3, 0.4) is 0 Å². The Morgan fingerprint density at radius 1 is 1.57 bits per heavy atom. The van der Waals surface area contributed by atoms with Gasteiger partial charge in [0.15, 0.2) is 0 Å². The van der Waals surface area contributed by atoms with Gasteiger partial charge in [-0.3, -0.25) is 0 Å². The van der Waals surface area contributed by atoms with Gasteiger partial charge < -0.3 is 5.32 Å². The molecule has 1 aromatic rings. The minimum atomic E-state index is 0.984. The maximum absolute atomic E-state index is 4.34. The first-order chi connectivity index (χ1) is 6.75. The quantitative estimate of drug-likeness (QED) is 0.892. The molecule has 1 aromatic heterocycles. The molecule has 0 spiro atoms. The molecule has 0 amide bonds. The summed E-state index contributed by atoms with van der Waals surface area (Å²) in [4.78, 5) is 4.34. The van der Waals surface area contributed by atoms with Gasteiger partial charge in [-0.15, -0.1) is 0 Å². The van der Waals surface area contributed by atoms with E-state index in [4.69, 9.17) is 0 Å². The van der Waals surface area contributed by atoms with E-state index in [1.54, 1.807) is 0 Å². The lowest BCUT2D eigenvalue weighted by atomic mass is 10.2. The molecule has 0 aromatic carbocycles. The highest BCUT2D eigenvalue weighted by Gasteiger charge is 2.20. The van der Waals surface area contributed by atoms with Crippen LogP contribution < -0.4 is 5.32 Å². The zero-order chi connectivity index (χ0) is 9.97. The predicted molar refractivity (Wildman–Crippen MR) is 62.5 cm³/mol. The zero-order valence-electron chi connectivity index (χ0n) is 8.39. The van der Waals surface area contributed by atoms with Gasteiger partial charge in [0, 0.05) is 17.2 Å². The summed E-state index contributed by atoms with van der Waals surface area (Å²) < 4.78 is 1.04. The van der Waals surface area contributed by atoms with E-state index in [1.165, 1.54) is 24.8 Å². The van der Waals surface area contributed by atoms with Gasteiger partial charge in [-0.2, -0.15) is 0 Å². The molecule has 2 nitrogen and oxygen atoms in total. The number of nitrogens with zero attached hydrogens (tertiary/aromatic N) is 1. The molecule has 3 heteroatoms. The Bertz CT molecular complexity index is 321. The van der Waals surface area contributed by atoms with E-state index in [2.05, 4.69) is 39.2 Å². The van der Waals surface area contributed by atoms with Crippen LogP contribution in [-0.2, 0) is 0 Å². The molecule has 0 radical (unpaired) electrons. The van der Waals surface area contributed by atoms with E-state index in [-0.39, 0.29) is 0 Å². The van der Waals surface area contributed by atoms with E-state index in [0.29, 0.717) is 0 Å². The van der Waals surface area contributed by atoms with Crippen LogP contribution in [-0.4, -0.2) is 11.5 Å². The van der Waals surface area contributed by atoms with Crippen molar-refractivity contribution in [2.24, 2.45) is 5.92 Å². The molecule has 2 rings (SSSR count). The normalized spacial score (nSPS) is 15.6. The Labute approximate surface area is 93.3 Å². The van der Waals surface area contributed by atoms with Crippen molar-refractivity contribution in [2.45, 2.75) is 26.2 Å². The summed E-state index contributed by atoms with van der Waals surface area (Å²) in [5.41, 5.74) is 1.20. The Kier molecular flexibility index (Phi) is 3.06. The fourth-order valence-corrected chi connectivity index (χ4v) is 1.97. The average molecular weight is 255 g/mol. The third-order valence-electron chi connectivity index (χ3n) is 2.59. The molecule has 14 heavy (non-hydrogen) atoms. The van der Waals surface area contributed by atoms with Crippen LogP contribution >= 0.6 is 15.9 Å². The molecule has 1 fully saturated rings. The lowest BCUT2D eigenvalue weighted by Crippen LogP contribution is -2.05. The molecular weight excluding hydrogens is 240 g/mol. The Balaban J connectivity index is 1.87. The summed E-state index contributed by atoms with van der Waals surface area (Å²) in [6.07, 6.45) is 5.98. The van der Waals surface area contributed by atoms with Crippen molar-refractivity contribution < 1.29 is 0 Å². The molecule has 0 unspecified atom stereocenters. The van der Waals surface area contributed by atoms with Gasteiger partial charge in [-0.25, -0.2) is 4.98 Å². The van der Waals surface area contributed by atoms with Crippen LogP contribution in [0, 0.1) is 12.8 Å². The molecule has 0 saturated heterocycles. The van der Waals surface area contributed by atoms with Crippen LogP contribution in [0.2, 0.25) is 0 Å². The molecule has 1 saturated carbocycles. The summed E-state index contributed by atoms with van der Waals surface area (Å²) >= 11 is 3.41. The molecule has 1 aliphatic rings. The highest BCUT2D eigenvalue weighted by molar-refractivity contribution is 9.10. The van der Waals surface area contributed by atoms with Crippen LogP contribution in [0.5, 0.6) is 0 Å². The van der Waals surface area contributed by atoms with Crippen molar-refractivity contribution in [3.05, 3.63) is 22.3 Å². The number of halogens is 1. The lowest BCUT2D eigenvalue weighted by molar-refractivity contribution is 0.758. The topological polar surface area (TPSA) is 24.9 Å². The summed E-state index contributed by atoms with van der Waals surface area (Å²) in [5, 5.41) is 3.38. The van der Waals surface area contributed by atoms with Gasteiger partial charge in [0.25, 0.3) is 0 Å².